The van der Waals surface area contributed by atoms with Crippen molar-refractivity contribution >= 4 is 0 Å². The quantitative estimate of drug-likeness (QED) is 0.725. The molecule has 0 spiro atoms. The van der Waals surface area contributed by atoms with Gasteiger partial charge >= 0.3 is 0 Å². The van der Waals surface area contributed by atoms with Crippen molar-refractivity contribution in [3.8, 4) is 11.1 Å². The number of nitrogens with zero attached hydrogens (tertiary/aromatic N) is 3. The standard InChI is InChI=1S/C18H18F2N4O2/c1-9-18(24-10(2)26-9)17(25)5-16(21)13-3-12(14(19)4-15(13)20)11-6-22-8-23-7-11/h3-4,6-8,16-17,25H,5,21H2,1-2H3. The van der Waals surface area contributed by atoms with Crippen molar-refractivity contribution < 1.29 is 18.3 Å². The van der Waals surface area contributed by atoms with Crippen LogP contribution in [0.3, 0.4) is 0 Å². The van der Waals surface area contributed by atoms with Gasteiger partial charge in [0.25, 0.3) is 0 Å². The van der Waals surface area contributed by atoms with Crippen LogP contribution in [-0.4, -0.2) is 20.1 Å². The number of aromatic nitrogens is 3. The van der Waals surface area contributed by atoms with E-state index in [0.717, 1.165) is 6.07 Å². The van der Waals surface area contributed by atoms with Crippen LogP contribution in [0.1, 0.15) is 41.5 Å². The van der Waals surface area contributed by atoms with E-state index in [1.807, 2.05) is 0 Å². The molecule has 0 aliphatic heterocycles. The largest absolute Gasteiger partial charge is 0.446 e. The number of halogens is 2. The van der Waals surface area contributed by atoms with Crippen molar-refractivity contribution in [2.24, 2.45) is 5.73 Å². The molecule has 2 heterocycles. The first-order valence-electron chi connectivity index (χ1n) is 7.98. The van der Waals surface area contributed by atoms with E-state index in [2.05, 4.69) is 15.0 Å². The van der Waals surface area contributed by atoms with Gasteiger partial charge in [-0.25, -0.2) is 23.7 Å². The van der Waals surface area contributed by atoms with Gasteiger partial charge in [0.05, 0.1) is 0 Å². The molecule has 0 saturated carbocycles. The maximum absolute atomic E-state index is 14.3. The summed E-state index contributed by atoms with van der Waals surface area (Å²) in [7, 11) is 0. The van der Waals surface area contributed by atoms with Crippen molar-refractivity contribution in [3.05, 3.63) is 65.4 Å². The highest BCUT2D eigenvalue weighted by Crippen LogP contribution is 2.31. The topological polar surface area (TPSA) is 98.1 Å². The summed E-state index contributed by atoms with van der Waals surface area (Å²) in [6.07, 6.45) is 3.13. The lowest BCUT2D eigenvalue weighted by atomic mass is 9.95. The monoisotopic (exact) mass is 360 g/mol. The van der Waals surface area contributed by atoms with E-state index >= 15 is 0 Å². The first-order valence-corrected chi connectivity index (χ1v) is 7.98. The second-order valence-corrected chi connectivity index (χ2v) is 6.01. The van der Waals surface area contributed by atoms with Crippen LogP contribution in [0, 0.1) is 25.5 Å². The van der Waals surface area contributed by atoms with Crippen LogP contribution in [0.5, 0.6) is 0 Å². The minimum Gasteiger partial charge on any atom is -0.446 e. The Labute approximate surface area is 148 Å². The third kappa shape index (κ3) is 3.61. The molecule has 2 aromatic heterocycles. The summed E-state index contributed by atoms with van der Waals surface area (Å²) in [5.41, 5.74) is 7.06. The van der Waals surface area contributed by atoms with Crippen molar-refractivity contribution in [3.63, 3.8) is 0 Å². The lowest BCUT2D eigenvalue weighted by Gasteiger charge is -2.18. The summed E-state index contributed by atoms with van der Waals surface area (Å²) in [5, 5.41) is 10.4. The molecule has 136 valence electrons. The molecule has 0 fully saturated rings. The fourth-order valence-corrected chi connectivity index (χ4v) is 2.84. The van der Waals surface area contributed by atoms with Crippen molar-refractivity contribution in [2.75, 3.05) is 0 Å². The molecule has 2 atom stereocenters. The second kappa shape index (κ2) is 7.27. The zero-order valence-electron chi connectivity index (χ0n) is 14.3. The summed E-state index contributed by atoms with van der Waals surface area (Å²) in [4.78, 5) is 11.8. The third-order valence-corrected chi connectivity index (χ3v) is 4.09. The van der Waals surface area contributed by atoms with Crippen LogP contribution in [0.4, 0.5) is 8.78 Å². The molecule has 0 aliphatic carbocycles. The molecule has 26 heavy (non-hydrogen) atoms. The molecule has 3 rings (SSSR count). The normalized spacial score (nSPS) is 13.6. The molecule has 0 saturated heterocycles. The van der Waals surface area contributed by atoms with E-state index < -0.39 is 23.8 Å². The van der Waals surface area contributed by atoms with E-state index in [1.54, 1.807) is 13.8 Å². The molecule has 3 aromatic rings. The SMILES string of the molecule is Cc1nc(C(O)CC(N)c2cc(-c3cncnc3)c(F)cc2F)c(C)o1. The first kappa shape index (κ1) is 18.1. The molecule has 3 N–H and O–H groups in total. The predicted molar refractivity (Wildman–Crippen MR) is 89.9 cm³/mol. The maximum atomic E-state index is 14.3. The Balaban J connectivity index is 1.89. The van der Waals surface area contributed by atoms with Crippen LogP contribution in [0.2, 0.25) is 0 Å². The Morgan fingerprint density at radius 2 is 1.85 bits per heavy atom. The molecule has 0 amide bonds. The summed E-state index contributed by atoms with van der Waals surface area (Å²) >= 11 is 0. The van der Waals surface area contributed by atoms with Crippen molar-refractivity contribution in [2.45, 2.75) is 32.4 Å². The maximum Gasteiger partial charge on any atom is 0.191 e. The van der Waals surface area contributed by atoms with Crippen LogP contribution in [0.25, 0.3) is 11.1 Å². The number of aliphatic hydroxyl groups is 1. The highest BCUT2D eigenvalue weighted by atomic mass is 19.1. The van der Waals surface area contributed by atoms with E-state index in [0.29, 0.717) is 22.9 Å². The average Bonchev–Trinajstić information content (AvgIpc) is 2.94. The Morgan fingerprint density at radius 1 is 1.15 bits per heavy atom. The Hall–Kier alpha value is -2.71. The second-order valence-electron chi connectivity index (χ2n) is 6.01. The van der Waals surface area contributed by atoms with E-state index in [1.165, 1.54) is 24.8 Å². The van der Waals surface area contributed by atoms with Crippen molar-refractivity contribution in [1.82, 2.24) is 15.0 Å². The summed E-state index contributed by atoms with van der Waals surface area (Å²) in [5.74, 6) is -0.624. The number of hydrogen-bond acceptors (Lipinski definition) is 6. The number of nitrogens with two attached hydrogens (primary N) is 1. The highest BCUT2D eigenvalue weighted by Gasteiger charge is 2.23. The first-order chi connectivity index (χ1) is 12.4. The van der Waals surface area contributed by atoms with Crippen LogP contribution >= 0.6 is 0 Å². The molecule has 2 unspecified atom stereocenters. The number of oxazole rings is 1. The van der Waals surface area contributed by atoms with Gasteiger partial charge in [-0.3, -0.25) is 0 Å². The van der Waals surface area contributed by atoms with Gasteiger partial charge in [0.15, 0.2) is 5.89 Å². The number of benzene rings is 1. The Bertz CT molecular complexity index is 915. The van der Waals surface area contributed by atoms with E-state index in [-0.39, 0.29) is 17.5 Å². The highest BCUT2D eigenvalue weighted by molar-refractivity contribution is 5.63. The molecule has 6 nitrogen and oxygen atoms in total. The number of aryl methyl sites for hydroxylation is 2. The van der Waals surface area contributed by atoms with Gasteiger partial charge in [-0.05, 0) is 19.4 Å². The third-order valence-electron chi connectivity index (χ3n) is 4.09. The van der Waals surface area contributed by atoms with E-state index in [9.17, 15) is 13.9 Å². The average molecular weight is 360 g/mol. The molecule has 0 radical (unpaired) electrons. The van der Waals surface area contributed by atoms with Crippen LogP contribution in [0.15, 0.2) is 35.3 Å². The van der Waals surface area contributed by atoms with Gasteiger partial charge in [-0.15, -0.1) is 0 Å². The van der Waals surface area contributed by atoms with Gasteiger partial charge < -0.3 is 15.3 Å². The lowest BCUT2D eigenvalue weighted by Crippen LogP contribution is -2.17. The van der Waals surface area contributed by atoms with E-state index in [4.69, 9.17) is 10.2 Å². The minimum absolute atomic E-state index is 0.0000946. The Morgan fingerprint density at radius 3 is 2.46 bits per heavy atom. The van der Waals surface area contributed by atoms with Gasteiger partial charge in [-0.2, -0.15) is 0 Å². The van der Waals surface area contributed by atoms with Crippen molar-refractivity contribution in [1.29, 1.82) is 0 Å². The predicted octanol–water partition coefficient (Wildman–Crippen LogP) is 3.15. The Kier molecular flexibility index (Phi) is 5.06. The molecule has 0 bridgehead atoms. The summed E-state index contributed by atoms with van der Waals surface area (Å²) < 4.78 is 33.7. The molecular formula is C18H18F2N4O2. The van der Waals surface area contributed by atoms with Crippen LogP contribution < -0.4 is 5.73 Å². The number of rotatable bonds is 5. The summed E-state index contributed by atoms with van der Waals surface area (Å²) in [6, 6.07) is 1.22. The molecule has 1 aromatic carbocycles. The van der Waals surface area contributed by atoms with Gasteiger partial charge in [-0.1, -0.05) is 0 Å². The molecule has 0 aliphatic rings. The number of hydrogen-bond donors (Lipinski definition) is 2. The van der Waals surface area contributed by atoms with Gasteiger partial charge in [0, 0.05) is 48.1 Å². The smallest absolute Gasteiger partial charge is 0.191 e. The number of aliphatic hydroxyl groups excluding tert-OH is 1. The fourth-order valence-electron chi connectivity index (χ4n) is 2.84. The van der Waals surface area contributed by atoms with Gasteiger partial charge in [0.1, 0.15) is 35.5 Å². The zero-order chi connectivity index (χ0) is 18.8. The zero-order valence-corrected chi connectivity index (χ0v) is 14.3. The van der Waals surface area contributed by atoms with Gasteiger partial charge in [0.2, 0.25) is 0 Å². The molecule has 8 heteroatoms. The summed E-state index contributed by atoms with van der Waals surface area (Å²) in [6.45, 7) is 3.34. The van der Waals surface area contributed by atoms with Crippen LogP contribution in [-0.2, 0) is 0 Å². The minimum atomic E-state index is -1.03. The lowest BCUT2D eigenvalue weighted by molar-refractivity contribution is 0.152. The molecular weight excluding hydrogens is 342 g/mol. The fraction of sp³-hybridized carbons (Fsp3) is 0.278.